The molecule has 0 amide bonds. The second kappa shape index (κ2) is 4.90. The Labute approximate surface area is 84.4 Å². The number of rotatable bonds is 4. The van der Waals surface area contributed by atoms with E-state index in [-0.39, 0.29) is 17.4 Å². The Morgan fingerprint density at radius 2 is 2.43 bits per heavy atom. The summed E-state index contributed by atoms with van der Waals surface area (Å²) in [4.78, 5) is 17.6. The van der Waals surface area contributed by atoms with Crippen LogP contribution in [0.2, 0.25) is 0 Å². The van der Waals surface area contributed by atoms with Crippen LogP contribution in [0.3, 0.4) is 0 Å². The van der Waals surface area contributed by atoms with Crippen LogP contribution in [0.15, 0.2) is 17.2 Å². The van der Waals surface area contributed by atoms with Crippen LogP contribution in [0.5, 0.6) is 0 Å². The molecule has 0 saturated heterocycles. The number of anilines is 1. The van der Waals surface area contributed by atoms with Crippen molar-refractivity contribution in [2.24, 2.45) is 0 Å². The zero-order valence-electron chi connectivity index (χ0n) is 8.11. The summed E-state index contributed by atoms with van der Waals surface area (Å²) >= 11 is 0. The first kappa shape index (κ1) is 10.9. The van der Waals surface area contributed by atoms with E-state index in [4.69, 9.17) is 0 Å². The lowest BCUT2D eigenvalue weighted by atomic mass is 10.4. The number of hydrogen-bond acceptors (Lipinski definition) is 4. The largest absolute Gasteiger partial charge is 0.362 e. The van der Waals surface area contributed by atoms with Crippen LogP contribution in [-0.2, 0) is 10.8 Å². The van der Waals surface area contributed by atoms with Crippen LogP contribution in [0.4, 0.5) is 5.82 Å². The van der Waals surface area contributed by atoms with E-state index in [9.17, 15) is 9.00 Å². The van der Waals surface area contributed by atoms with Gasteiger partial charge in [-0.05, 0) is 6.92 Å². The highest BCUT2D eigenvalue weighted by atomic mass is 32.2. The molecule has 0 aliphatic rings. The van der Waals surface area contributed by atoms with Gasteiger partial charge >= 0.3 is 0 Å². The van der Waals surface area contributed by atoms with Crippen LogP contribution in [-0.4, -0.2) is 32.2 Å². The fourth-order valence-electron chi connectivity index (χ4n) is 1.08. The van der Waals surface area contributed by atoms with Gasteiger partial charge in [-0.25, -0.2) is 4.98 Å². The van der Waals surface area contributed by atoms with Crippen molar-refractivity contribution in [3.8, 4) is 0 Å². The van der Waals surface area contributed by atoms with E-state index in [0.29, 0.717) is 5.75 Å². The number of aromatic nitrogens is 2. The maximum atomic E-state index is 11.2. The molecule has 0 spiro atoms. The number of hydrogen-bond donors (Lipinski definition) is 2. The molecule has 0 aliphatic heterocycles. The Kier molecular flexibility index (Phi) is 3.82. The molecule has 1 heterocycles. The van der Waals surface area contributed by atoms with Gasteiger partial charge in [0.1, 0.15) is 0 Å². The molecule has 1 aromatic rings. The van der Waals surface area contributed by atoms with Crippen molar-refractivity contribution in [1.82, 2.24) is 9.97 Å². The van der Waals surface area contributed by atoms with Crippen LogP contribution in [0, 0.1) is 0 Å². The van der Waals surface area contributed by atoms with Gasteiger partial charge < -0.3 is 10.3 Å². The van der Waals surface area contributed by atoms with Crippen molar-refractivity contribution in [2.45, 2.75) is 13.0 Å². The highest BCUT2D eigenvalue weighted by Gasteiger charge is 2.06. The highest BCUT2D eigenvalue weighted by molar-refractivity contribution is 7.84. The summed E-state index contributed by atoms with van der Waals surface area (Å²) < 4.78 is 10.9. The molecule has 1 rings (SSSR count). The molecule has 2 atom stereocenters. The van der Waals surface area contributed by atoms with Gasteiger partial charge in [-0.1, -0.05) is 0 Å². The molecular formula is C8H13N3O2S. The Bertz CT molecular complexity index is 377. The summed E-state index contributed by atoms with van der Waals surface area (Å²) in [5, 5.41) is 2.89. The van der Waals surface area contributed by atoms with Gasteiger partial charge in [0.25, 0.3) is 5.56 Å². The van der Waals surface area contributed by atoms with E-state index in [2.05, 4.69) is 15.3 Å². The third-order valence-corrected chi connectivity index (χ3v) is 2.54. The highest BCUT2D eigenvalue weighted by Crippen LogP contribution is 1.96. The lowest BCUT2D eigenvalue weighted by Gasteiger charge is -2.11. The summed E-state index contributed by atoms with van der Waals surface area (Å²) in [6, 6.07) is -0.0307. The minimum absolute atomic E-state index is 0.0307. The van der Waals surface area contributed by atoms with Gasteiger partial charge in [-0.15, -0.1) is 0 Å². The topological polar surface area (TPSA) is 74.8 Å². The molecule has 14 heavy (non-hydrogen) atoms. The van der Waals surface area contributed by atoms with Crippen LogP contribution < -0.4 is 10.9 Å². The predicted octanol–water partition coefficient (Wildman–Crippen LogP) is -0.0512. The average molecular weight is 215 g/mol. The van der Waals surface area contributed by atoms with Crippen molar-refractivity contribution in [3.63, 3.8) is 0 Å². The number of nitrogens with zero attached hydrogens (tertiary/aromatic N) is 1. The number of aromatic amines is 1. The normalized spacial score (nSPS) is 14.7. The molecule has 0 saturated carbocycles. The minimum atomic E-state index is -0.878. The Balaban J connectivity index is 2.65. The Morgan fingerprint density at radius 3 is 3.00 bits per heavy atom. The monoisotopic (exact) mass is 215 g/mol. The second-order valence-corrected chi connectivity index (χ2v) is 4.53. The molecule has 1 aromatic heterocycles. The Morgan fingerprint density at radius 1 is 1.71 bits per heavy atom. The van der Waals surface area contributed by atoms with Crippen LogP contribution in [0.1, 0.15) is 6.92 Å². The molecule has 5 nitrogen and oxygen atoms in total. The van der Waals surface area contributed by atoms with E-state index in [1.54, 1.807) is 6.26 Å². The third kappa shape index (κ3) is 3.29. The lowest BCUT2D eigenvalue weighted by molar-refractivity contribution is 0.682. The predicted molar refractivity (Wildman–Crippen MR) is 56.9 cm³/mol. The average Bonchev–Trinajstić information content (AvgIpc) is 2.07. The van der Waals surface area contributed by atoms with E-state index in [1.165, 1.54) is 12.4 Å². The SMILES string of the molecule is CC(CS(C)=O)Nc1ncc[nH]c1=O. The fourth-order valence-corrected chi connectivity index (χ4v) is 1.87. The molecular weight excluding hydrogens is 202 g/mol. The quantitative estimate of drug-likeness (QED) is 0.738. The van der Waals surface area contributed by atoms with Crippen molar-refractivity contribution in [2.75, 3.05) is 17.3 Å². The van der Waals surface area contributed by atoms with Crippen molar-refractivity contribution < 1.29 is 4.21 Å². The second-order valence-electron chi connectivity index (χ2n) is 3.05. The van der Waals surface area contributed by atoms with Crippen molar-refractivity contribution >= 4 is 16.6 Å². The van der Waals surface area contributed by atoms with Gasteiger partial charge in [0.05, 0.1) is 0 Å². The van der Waals surface area contributed by atoms with Crippen LogP contribution >= 0.6 is 0 Å². The first-order chi connectivity index (χ1) is 6.59. The third-order valence-electron chi connectivity index (χ3n) is 1.58. The first-order valence-electron chi connectivity index (χ1n) is 4.20. The number of H-pyrrole nitrogens is 1. The van der Waals surface area contributed by atoms with E-state index < -0.39 is 10.8 Å². The van der Waals surface area contributed by atoms with E-state index in [0.717, 1.165) is 0 Å². The lowest BCUT2D eigenvalue weighted by Crippen LogP contribution is -2.27. The molecule has 2 unspecified atom stereocenters. The summed E-state index contributed by atoms with van der Waals surface area (Å²) in [6.45, 7) is 1.86. The zero-order chi connectivity index (χ0) is 10.6. The van der Waals surface area contributed by atoms with Gasteiger partial charge in [0.15, 0.2) is 5.82 Å². The molecule has 0 aromatic carbocycles. The standard InChI is InChI=1S/C8H13N3O2S/c1-6(5-14(2)13)11-7-8(12)10-4-3-9-7/h3-4,6H,5H2,1-2H3,(H,9,11)(H,10,12). The number of nitrogens with one attached hydrogen (secondary N) is 2. The molecule has 0 radical (unpaired) electrons. The van der Waals surface area contributed by atoms with Crippen LogP contribution in [0.25, 0.3) is 0 Å². The van der Waals surface area contributed by atoms with E-state index >= 15 is 0 Å². The molecule has 0 bridgehead atoms. The van der Waals surface area contributed by atoms with E-state index in [1.807, 2.05) is 6.92 Å². The minimum Gasteiger partial charge on any atom is -0.362 e. The summed E-state index contributed by atoms with van der Waals surface area (Å²) in [7, 11) is -0.878. The summed E-state index contributed by atoms with van der Waals surface area (Å²) in [5.74, 6) is 0.765. The van der Waals surface area contributed by atoms with Gasteiger partial charge in [-0.3, -0.25) is 9.00 Å². The molecule has 2 N–H and O–H groups in total. The smallest absolute Gasteiger partial charge is 0.290 e. The molecule has 6 heteroatoms. The molecule has 78 valence electrons. The molecule has 0 aliphatic carbocycles. The maximum absolute atomic E-state index is 11.2. The van der Waals surface area contributed by atoms with Crippen molar-refractivity contribution in [1.29, 1.82) is 0 Å². The zero-order valence-corrected chi connectivity index (χ0v) is 8.93. The first-order valence-corrected chi connectivity index (χ1v) is 5.92. The fraction of sp³-hybridized carbons (Fsp3) is 0.500. The van der Waals surface area contributed by atoms with Gasteiger partial charge in [0, 0.05) is 41.2 Å². The molecule has 0 fully saturated rings. The van der Waals surface area contributed by atoms with Gasteiger partial charge in [-0.2, -0.15) is 0 Å². The maximum Gasteiger partial charge on any atom is 0.290 e. The summed E-state index contributed by atoms with van der Waals surface area (Å²) in [5.41, 5.74) is -0.263. The van der Waals surface area contributed by atoms with Gasteiger partial charge in [0.2, 0.25) is 0 Å². The summed E-state index contributed by atoms with van der Waals surface area (Å²) in [6.07, 6.45) is 4.59. The van der Waals surface area contributed by atoms with Crippen molar-refractivity contribution in [3.05, 3.63) is 22.7 Å². The Hall–Kier alpha value is -1.17.